The SMILES string of the molecule is O=c1cc(C(F)(F)F)[nH]c(=O)n1-c1c(F)cc(Cl)c2c1ONC2c1ccccc1. The van der Waals surface area contributed by atoms with Gasteiger partial charge < -0.3 is 9.82 Å². The Kier molecular flexibility index (Phi) is 4.47. The van der Waals surface area contributed by atoms with Crippen molar-refractivity contribution < 1.29 is 22.4 Å². The number of halogens is 5. The molecule has 1 aliphatic rings. The molecule has 1 aromatic heterocycles. The average molecular weight is 428 g/mol. The lowest BCUT2D eigenvalue weighted by molar-refractivity contribution is -0.141. The van der Waals surface area contributed by atoms with Crippen molar-refractivity contribution in [2.75, 3.05) is 0 Å². The smallest absolute Gasteiger partial charge is 0.405 e. The van der Waals surface area contributed by atoms with Gasteiger partial charge in [0, 0.05) is 11.6 Å². The molecule has 1 aliphatic heterocycles. The molecule has 0 spiro atoms. The summed E-state index contributed by atoms with van der Waals surface area (Å²) in [7, 11) is 0. The maximum atomic E-state index is 14.7. The van der Waals surface area contributed by atoms with E-state index in [1.807, 2.05) is 0 Å². The van der Waals surface area contributed by atoms with Gasteiger partial charge in [-0.15, -0.1) is 5.48 Å². The Bertz CT molecular complexity index is 1190. The molecule has 0 saturated heterocycles. The summed E-state index contributed by atoms with van der Waals surface area (Å²) in [6.45, 7) is 0. The topological polar surface area (TPSA) is 76.1 Å². The minimum Gasteiger partial charge on any atom is -0.405 e. The molecule has 0 aliphatic carbocycles. The van der Waals surface area contributed by atoms with E-state index in [0.717, 1.165) is 6.07 Å². The van der Waals surface area contributed by atoms with E-state index in [0.29, 0.717) is 5.56 Å². The summed E-state index contributed by atoms with van der Waals surface area (Å²) in [6.07, 6.45) is -4.95. The van der Waals surface area contributed by atoms with Crippen molar-refractivity contribution in [1.29, 1.82) is 0 Å². The number of nitrogens with zero attached hydrogens (tertiary/aromatic N) is 1. The van der Waals surface area contributed by atoms with Crippen LogP contribution < -0.4 is 21.6 Å². The largest absolute Gasteiger partial charge is 0.431 e. The molecule has 0 fully saturated rings. The van der Waals surface area contributed by atoms with E-state index in [1.54, 1.807) is 30.3 Å². The lowest BCUT2D eigenvalue weighted by Gasteiger charge is -2.13. The van der Waals surface area contributed by atoms with E-state index in [9.17, 15) is 27.2 Å². The standard InChI is InChI=1S/C18H10ClF4N3O3/c19-9-6-10(20)15(26-12(27)7-11(18(21,22)23)24-17(26)28)16-13(9)14(25-29-16)8-4-2-1-3-5-8/h1-7,14,25H,(H,24,28). The molecule has 150 valence electrons. The van der Waals surface area contributed by atoms with Crippen LogP contribution in [0.5, 0.6) is 5.75 Å². The number of alkyl halides is 3. The molecule has 1 unspecified atom stereocenters. The minimum absolute atomic E-state index is 0.0449. The van der Waals surface area contributed by atoms with Gasteiger partial charge >= 0.3 is 11.9 Å². The molecule has 6 nitrogen and oxygen atoms in total. The van der Waals surface area contributed by atoms with Crippen LogP contribution in [-0.4, -0.2) is 9.55 Å². The van der Waals surface area contributed by atoms with E-state index in [1.165, 1.54) is 4.98 Å². The Labute approximate surface area is 164 Å². The highest BCUT2D eigenvalue weighted by atomic mass is 35.5. The highest BCUT2D eigenvalue weighted by Gasteiger charge is 2.36. The van der Waals surface area contributed by atoms with E-state index in [4.69, 9.17) is 16.4 Å². The van der Waals surface area contributed by atoms with E-state index in [-0.39, 0.29) is 27.0 Å². The third-order valence-corrected chi connectivity index (χ3v) is 4.67. The number of hydrogen-bond acceptors (Lipinski definition) is 4. The summed E-state index contributed by atoms with van der Waals surface area (Å²) in [5, 5.41) is -0.0449. The van der Waals surface area contributed by atoms with Crippen LogP contribution in [0, 0.1) is 5.82 Å². The van der Waals surface area contributed by atoms with Gasteiger partial charge in [0.2, 0.25) is 0 Å². The zero-order valence-electron chi connectivity index (χ0n) is 14.2. The van der Waals surface area contributed by atoms with Crippen LogP contribution in [0.4, 0.5) is 17.6 Å². The summed E-state index contributed by atoms with van der Waals surface area (Å²) < 4.78 is 53.4. The van der Waals surface area contributed by atoms with Crippen LogP contribution in [-0.2, 0) is 6.18 Å². The zero-order chi connectivity index (χ0) is 20.9. The number of fused-ring (bicyclic) bond motifs is 1. The summed E-state index contributed by atoms with van der Waals surface area (Å²) in [5.74, 6) is -1.38. The quantitative estimate of drug-likeness (QED) is 0.615. The van der Waals surface area contributed by atoms with Crippen molar-refractivity contribution in [3.8, 4) is 11.4 Å². The molecule has 2 N–H and O–H groups in total. The number of H-pyrrole nitrogens is 1. The van der Waals surface area contributed by atoms with Gasteiger partial charge in [-0.2, -0.15) is 13.2 Å². The van der Waals surface area contributed by atoms with Gasteiger partial charge in [0.05, 0.1) is 11.1 Å². The number of nitrogens with one attached hydrogen (secondary N) is 2. The van der Waals surface area contributed by atoms with E-state index in [2.05, 4.69) is 5.48 Å². The first-order valence-corrected chi connectivity index (χ1v) is 8.49. The molecule has 0 amide bonds. The molecule has 0 saturated carbocycles. The summed E-state index contributed by atoms with van der Waals surface area (Å²) in [5.41, 5.74) is -1.48. The Balaban J connectivity index is 1.96. The van der Waals surface area contributed by atoms with Crippen LogP contribution in [0.3, 0.4) is 0 Å². The van der Waals surface area contributed by atoms with Crippen molar-refractivity contribution in [3.63, 3.8) is 0 Å². The molecular formula is C18H10ClF4N3O3. The van der Waals surface area contributed by atoms with Crippen molar-refractivity contribution in [2.45, 2.75) is 12.2 Å². The van der Waals surface area contributed by atoms with Crippen LogP contribution in [0.25, 0.3) is 5.69 Å². The number of aromatic amines is 1. The fourth-order valence-corrected chi connectivity index (χ4v) is 3.39. The normalized spacial score (nSPS) is 15.8. The third-order valence-electron chi connectivity index (χ3n) is 4.36. The molecule has 0 bridgehead atoms. The molecule has 3 aromatic rings. The predicted molar refractivity (Wildman–Crippen MR) is 94.7 cm³/mol. The highest BCUT2D eigenvalue weighted by Crippen LogP contribution is 2.44. The van der Waals surface area contributed by atoms with Crippen molar-refractivity contribution in [1.82, 2.24) is 15.0 Å². The number of hydrogen-bond donors (Lipinski definition) is 2. The molecule has 29 heavy (non-hydrogen) atoms. The third kappa shape index (κ3) is 3.19. The fourth-order valence-electron chi connectivity index (χ4n) is 3.10. The molecule has 2 heterocycles. The van der Waals surface area contributed by atoms with Gasteiger partial charge in [-0.05, 0) is 11.6 Å². The molecule has 1 atom stereocenters. The average Bonchev–Trinajstić information content (AvgIpc) is 3.09. The molecule has 0 radical (unpaired) electrons. The predicted octanol–water partition coefficient (Wildman–Crippen LogP) is 3.32. The second-order valence-electron chi connectivity index (χ2n) is 6.15. The number of hydroxylamine groups is 1. The molecular weight excluding hydrogens is 418 g/mol. The van der Waals surface area contributed by atoms with Crippen LogP contribution >= 0.6 is 11.6 Å². The first-order chi connectivity index (χ1) is 13.7. The van der Waals surface area contributed by atoms with Crippen molar-refractivity contribution in [2.24, 2.45) is 0 Å². The number of benzene rings is 2. The van der Waals surface area contributed by atoms with Crippen LogP contribution in [0.2, 0.25) is 5.02 Å². The Morgan fingerprint density at radius 1 is 1.10 bits per heavy atom. The fraction of sp³-hybridized carbons (Fsp3) is 0.111. The first-order valence-electron chi connectivity index (χ1n) is 8.11. The van der Waals surface area contributed by atoms with Gasteiger partial charge in [0.1, 0.15) is 11.4 Å². The van der Waals surface area contributed by atoms with Crippen LogP contribution in [0.1, 0.15) is 22.9 Å². The first kappa shape index (κ1) is 19.2. The number of aromatic nitrogens is 2. The van der Waals surface area contributed by atoms with E-state index < -0.39 is 40.7 Å². The molecule has 4 rings (SSSR count). The number of rotatable bonds is 2. The molecule has 11 heteroatoms. The lowest BCUT2D eigenvalue weighted by atomic mass is 9.98. The van der Waals surface area contributed by atoms with Gasteiger partial charge in [0.25, 0.3) is 5.56 Å². The second kappa shape index (κ2) is 6.75. The van der Waals surface area contributed by atoms with E-state index >= 15 is 0 Å². The maximum Gasteiger partial charge on any atom is 0.431 e. The van der Waals surface area contributed by atoms with Crippen molar-refractivity contribution >= 4 is 11.6 Å². The minimum atomic E-state index is -4.95. The zero-order valence-corrected chi connectivity index (χ0v) is 14.9. The van der Waals surface area contributed by atoms with Gasteiger partial charge in [0.15, 0.2) is 11.6 Å². The van der Waals surface area contributed by atoms with Crippen LogP contribution in [0.15, 0.2) is 52.1 Å². The van der Waals surface area contributed by atoms with Crippen molar-refractivity contribution in [3.05, 3.63) is 91.0 Å². The summed E-state index contributed by atoms with van der Waals surface area (Å²) >= 11 is 6.16. The van der Waals surface area contributed by atoms with Gasteiger partial charge in [-0.3, -0.25) is 4.79 Å². The Morgan fingerprint density at radius 3 is 2.41 bits per heavy atom. The lowest BCUT2D eigenvalue weighted by Crippen LogP contribution is -2.36. The Hall–Kier alpha value is -3.11. The highest BCUT2D eigenvalue weighted by molar-refractivity contribution is 6.31. The maximum absolute atomic E-state index is 14.7. The second-order valence-corrected chi connectivity index (χ2v) is 6.56. The molecule has 2 aromatic carbocycles. The van der Waals surface area contributed by atoms with Gasteiger partial charge in [-0.25, -0.2) is 13.8 Å². The summed E-state index contributed by atoms with van der Waals surface area (Å²) in [4.78, 5) is 31.3. The van der Waals surface area contributed by atoms with Gasteiger partial charge in [-0.1, -0.05) is 41.9 Å². The monoisotopic (exact) mass is 427 g/mol. The summed E-state index contributed by atoms with van der Waals surface area (Å²) in [6, 6.07) is 9.14. The Morgan fingerprint density at radius 2 is 1.79 bits per heavy atom.